The average molecular weight is 910 g/mol. The van der Waals surface area contributed by atoms with Gasteiger partial charge in [-0.25, -0.2) is 15.0 Å². The summed E-state index contributed by atoms with van der Waals surface area (Å²) in [5.41, 5.74) is 10.3. The predicted molar refractivity (Wildman–Crippen MR) is 290 cm³/mol. The SMILES string of the molecule is N#Cc1ccccc1-c1ccc2c3ccccc3n(-c3cc(-c4nc(-c5ccccc5)nc(-c5ccccc5)n4)ccc3-c3cccc([Si](c4ccccc4)(c4ccccc4)c4ccccc4)c3)c2c1. The maximum atomic E-state index is 10.3. The van der Waals surface area contributed by atoms with Gasteiger partial charge in [-0.2, -0.15) is 5.26 Å². The summed E-state index contributed by atoms with van der Waals surface area (Å²) in [5.74, 6) is 1.77. The zero-order chi connectivity index (χ0) is 46.9. The lowest BCUT2D eigenvalue weighted by molar-refractivity contribution is 1.07. The van der Waals surface area contributed by atoms with Crippen LogP contribution in [0.25, 0.3) is 83.9 Å². The Bertz CT molecular complexity index is 3730. The van der Waals surface area contributed by atoms with E-state index in [1.54, 1.807) is 0 Å². The summed E-state index contributed by atoms with van der Waals surface area (Å²) >= 11 is 0. The van der Waals surface area contributed by atoms with Gasteiger partial charge in [0.05, 0.1) is 28.4 Å². The monoisotopic (exact) mass is 909 g/mol. The molecule has 10 aromatic carbocycles. The van der Waals surface area contributed by atoms with Crippen LogP contribution < -0.4 is 20.7 Å². The molecule has 0 radical (unpaired) electrons. The van der Waals surface area contributed by atoms with Gasteiger partial charge in [-0.3, -0.25) is 0 Å². The van der Waals surface area contributed by atoms with Gasteiger partial charge >= 0.3 is 0 Å². The minimum atomic E-state index is -2.89. The van der Waals surface area contributed by atoms with Crippen LogP contribution in [0.2, 0.25) is 0 Å². The van der Waals surface area contributed by atoms with Crippen LogP contribution in [0, 0.1) is 11.3 Å². The average Bonchev–Trinajstić information content (AvgIpc) is 3.78. The largest absolute Gasteiger partial charge is 0.309 e. The van der Waals surface area contributed by atoms with E-state index in [0.717, 1.165) is 66.4 Å². The Kier molecular flexibility index (Phi) is 10.9. The van der Waals surface area contributed by atoms with Crippen molar-refractivity contribution in [1.82, 2.24) is 19.5 Å². The van der Waals surface area contributed by atoms with Crippen LogP contribution >= 0.6 is 0 Å². The number of aromatic nitrogens is 4. The molecule has 0 aliphatic rings. The second-order valence-electron chi connectivity index (χ2n) is 17.4. The molecule has 0 saturated carbocycles. The molecule has 12 rings (SSSR count). The van der Waals surface area contributed by atoms with Crippen LogP contribution in [-0.4, -0.2) is 27.6 Å². The first-order valence-corrected chi connectivity index (χ1v) is 25.5. The Morgan fingerprint density at radius 3 is 1.39 bits per heavy atom. The standard InChI is InChI=1S/C64H43N5Si/c65-44-50-25-16-17-34-55(50)48-37-40-58-57-35-18-19-36-59(57)69(61(58)42-48)60-43-49(64-67-62(45-21-6-1-7-22-45)66-63(68-64)46-23-8-2-9-24-46)38-39-56(60)47-26-20-33-54(41-47)70(51-27-10-3-11-28-51,52-29-12-4-13-30-52)53-31-14-5-15-32-53/h1-43H. The van der Waals surface area contributed by atoms with Crippen LogP contribution in [0.15, 0.2) is 261 Å². The van der Waals surface area contributed by atoms with Crippen molar-refractivity contribution in [3.05, 3.63) is 266 Å². The molecule has 0 saturated heterocycles. The second kappa shape index (κ2) is 18.1. The Morgan fingerprint density at radius 1 is 0.329 bits per heavy atom. The van der Waals surface area contributed by atoms with Crippen molar-refractivity contribution in [2.24, 2.45) is 0 Å². The summed E-state index contributed by atoms with van der Waals surface area (Å²) in [7, 11) is -2.89. The smallest absolute Gasteiger partial charge is 0.179 e. The molecule has 2 heterocycles. The van der Waals surface area contributed by atoms with Crippen molar-refractivity contribution in [2.45, 2.75) is 0 Å². The van der Waals surface area contributed by atoms with Crippen molar-refractivity contribution in [1.29, 1.82) is 5.26 Å². The predicted octanol–water partition coefficient (Wildman–Crippen LogP) is 12.6. The fraction of sp³-hybridized carbons (Fsp3) is 0. The highest BCUT2D eigenvalue weighted by molar-refractivity contribution is 7.19. The van der Waals surface area contributed by atoms with Gasteiger partial charge < -0.3 is 4.57 Å². The summed E-state index contributed by atoms with van der Waals surface area (Å²) in [5, 5.41) is 17.7. The highest BCUT2D eigenvalue weighted by Crippen LogP contribution is 2.40. The lowest BCUT2D eigenvalue weighted by atomic mass is 9.98. The molecular weight excluding hydrogens is 867 g/mol. The third kappa shape index (κ3) is 7.39. The molecule has 0 aliphatic carbocycles. The van der Waals surface area contributed by atoms with Gasteiger partial charge in [0.25, 0.3) is 0 Å². The third-order valence-electron chi connectivity index (χ3n) is 13.5. The number of hydrogen-bond acceptors (Lipinski definition) is 4. The van der Waals surface area contributed by atoms with Gasteiger partial charge in [0, 0.05) is 33.0 Å². The lowest BCUT2D eigenvalue weighted by Crippen LogP contribution is -2.74. The molecule has 70 heavy (non-hydrogen) atoms. The van der Waals surface area contributed by atoms with Gasteiger partial charge in [0.1, 0.15) is 0 Å². The van der Waals surface area contributed by atoms with E-state index < -0.39 is 8.07 Å². The van der Waals surface area contributed by atoms with E-state index in [9.17, 15) is 5.26 Å². The van der Waals surface area contributed by atoms with E-state index in [-0.39, 0.29) is 0 Å². The van der Waals surface area contributed by atoms with Crippen molar-refractivity contribution in [3.8, 4) is 68.2 Å². The van der Waals surface area contributed by atoms with Crippen LogP contribution in [0.5, 0.6) is 0 Å². The van der Waals surface area contributed by atoms with Crippen LogP contribution in [-0.2, 0) is 0 Å². The van der Waals surface area contributed by atoms with Crippen molar-refractivity contribution in [2.75, 3.05) is 0 Å². The number of benzene rings is 10. The molecule has 0 fully saturated rings. The molecule has 0 bridgehead atoms. The molecule has 5 nitrogen and oxygen atoms in total. The number of rotatable bonds is 10. The second-order valence-corrected chi connectivity index (χ2v) is 21.3. The van der Waals surface area contributed by atoms with Crippen LogP contribution in [0.1, 0.15) is 5.56 Å². The Morgan fingerprint density at radius 2 is 0.786 bits per heavy atom. The van der Waals surface area contributed by atoms with Gasteiger partial charge in [-0.15, -0.1) is 0 Å². The molecule has 0 spiro atoms. The van der Waals surface area contributed by atoms with Gasteiger partial charge in [0.15, 0.2) is 25.5 Å². The molecule has 0 atom stereocenters. The van der Waals surface area contributed by atoms with Crippen molar-refractivity contribution in [3.63, 3.8) is 0 Å². The van der Waals surface area contributed by atoms with E-state index in [2.05, 4.69) is 187 Å². The molecular formula is C64H43N5Si. The third-order valence-corrected chi connectivity index (χ3v) is 18.2. The Balaban J connectivity index is 1.15. The fourth-order valence-corrected chi connectivity index (χ4v) is 15.0. The minimum absolute atomic E-state index is 0.572. The van der Waals surface area contributed by atoms with Gasteiger partial charge in [0.2, 0.25) is 0 Å². The first kappa shape index (κ1) is 42.1. The zero-order valence-electron chi connectivity index (χ0n) is 38.1. The molecule has 12 aromatic rings. The van der Waals surface area contributed by atoms with Crippen molar-refractivity contribution >= 4 is 50.6 Å². The first-order valence-electron chi connectivity index (χ1n) is 23.5. The highest BCUT2D eigenvalue weighted by Gasteiger charge is 2.41. The zero-order valence-corrected chi connectivity index (χ0v) is 39.1. The summed E-state index contributed by atoms with van der Waals surface area (Å²) in [6.45, 7) is 0. The number of nitriles is 1. The topological polar surface area (TPSA) is 67.4 Å². The maximum Gasteiger partial charge on any atom is 0.179 e. The summed E-state index contributed by atoms with van der Waals surface area (Å²) in [6.07, 6.45) is 0. The summed E-state index contributed by atoms with van der Waals surface area (Å²) in [4.78, 5) is 15.5. The van der Waals surface area contributed by atoms with E-state index >= 15 is 0 Å². The number of hydrogen-bond donors (Lipinski definition) is 0. The minimum Gasteiger partial charge on any atom is -0.309 e. The van der Waals surface area contributed by atoms with E-state index in [4.69, 9.17) is 15.0 Å². The van der Waals surface area contributed by atoms with Gasteiger partial charge in [-0.05, 0) is 61.7 Å². The quantitative estimate of drug-likeness (QED) is 0.101. The summed E-state index contributed by atoms with van der Waals surface area (Å²) in [6, 6.07) is 94.7. The van der Waals surface area contributed by atoms with E-state index in [0.29, 0.717) is 23.0 Å². The number of nitrogens with zero attached hydrogens (tertiary/aromatic N) is 5. The molecule has 0 N–H and O–H groups in total. The van der Waals surface area contributed by atoms with E-state index in [1.807, 2.05) is 84.9 Å². The molecule has 0 unspecified atom stereocenters. The molecule has 6 heteroatoms. The molecule has 0 aliphatic heterocycles. The number of fused-ring (bicyclic) bond motifs is 3. The summed E-state index contributed by atoms with van der Waals surface area (Å²) < 4.78 is 2.39. The van der Waals surface area contributed by atoms with Crippen LogP contribution in [0.3, 0.4) is 0 Å². The maximum absolute atomic E-state index is 10.3. The Labute approximate surface area is 408 Å². The normalized spacial score (nSPS) is 11.4. The molecule has 328 valence electrons. The Hall–Kier alpha value is -9.28. The van der Waals surface area contributed by atoms with Crippen LogP contribution in [0.4, 0.5) is 0 Å². The molecule has 2 aromatic heterocycles. The molecule has 0 amide bonds. The highest BCUT2D eigenvalue weighted by atomic mass is 28.3. The lowest BCUT2D eigenvalue weighted by Gasteiger charge is -2.34. The number of para-hydroxylation sites is 1. The van der Waals surface area contributed by atoms with E-state index in [1.165, 1.54) is 20.7 Å². The fourth-order valence-electron chi connectivity index (χ4n) is 10.3. The first-order chi connectivity index (χ1) is 34.7. The van der Waals surface area contributed by atoms with Crippen molar-refractivity contribution < 1.29 is 0 Å². The van der Waals surface area contributed by atoms with Gasteiger partial charge in [-0.1, -0.05) is 237 Å².